The van der Waals surface area contributed by atoms with Crippen molar-refractivity contribution < 1.29 is 28.3 Å². The number of thiophene rings is 1. The Morgan fingerprint density at radius 3 is 2.79 bits per heavy atom. The van der Waals surface area contributed by atoms with Crippen LogP contribution in [0.25, 0.3) is 0 Å². The van der Waals surface area contributed by atoms with E-state index in [4.69, 9.17) is 13.9 Å². The summed E-state index contributed by atoms with van der Waals surface area (Å²) in [5.74, 6) is -0.732. The van der Waals surface area contributed by atoms with Gasteiger partial charge in [-0.05, 0) is 43.4 Å². The zero-order valence-corrected chi connectivity index (χ0v) is 16.6. The van der Waals surface area contributed by atoms with Crippen LogP contribution in [0.15, 0.2) is 22.8 Å². The average Bonchev–Trinajstić information content (AvgIpc) is 3.26. The first-order chi connectivity index (χ1) is 13.6. The number of aryl methyl sites for hydroxylation is 2. The summed E-state index contributed by atoms with van der Waals surface area (Å²) in [5, 5.41) is 3.18. The van der Waals surface area contributed by atoms with E-state index in [9.17, 15) is 14.4 Å². The SMILES string of the molecule is COC(=O)c1c(NC(=O)COC(=O)CCc2ccco2)sc2c1CCCCC2. The van der Waals surface area contributed by atoms with E-state index >= 15 is 0 Å². The van der Waals surface area contributed by atoms with Crippen molar-refractivity contribution in [1.82, 2.24) is 0 Å². The van der Waals surface area contributed by atoms with E-state index < -0.39 is 24.5 Å². The molecule has 1 aliphatic rings. The number of hydrogen-bond acceptors (Lipinski definition) is 7. The maximum Gasteiger partial charge on any atom is 0.341 e. The fourth-order valence-electron chi connectivity index (χ4n) is 3.21. The van der Waals surface area contributed by atoms with Crippen LogP contribution in [0.4, 0.5) is 5.00 Å². The molecule has 2 aromatic heterocycles. The number of ether oxygens (including phenoxy) is 2. The van der Waals surface area contributed by atoms with Crippen LogP contribution < -0.4 is 5.32 Å². The first kappa shape index (κ1) is 20.1. The molecule has 3 rings (SSSR count). The second-order valence-corrected chi connectivity index (χ2v) is 7.65. The van der Waals surface area contributed by atoms with E-state index in [0.29, 0.717) is 22.7 Å². The monoisotopic (exact) mass is 405 g/mol. The molecule has 0 saturated heterocycles. The number of furan rings is 1. The summed E-state index contributed by atoms with van der Waals surface area (Å²) in [6.45, 7) is -0.403. The first-order valence-corrected chi connectivity index (χ1v) is 10.1. The summed E-state index contributed by atoms with van der Waals surface area (Å²) in [5.41, 5.74) is 1.40. The van der Waals surface area contributed by atoms with Crippen LogP contribution in [0.3, 0.4) is 0 Å². The zero-order valence-electron chi connectivity index (χ0n) is 15.7. The highest BCUT2D eigenvalue weighted by Crippen LogP contribution is 2.37. The molecular formula is C20H23NO6S. The Hall–Kier alpha value is -2.61. The van der Waals surface area contributed by atoms with Crippen LogP contribution in [-0.2, 0) is 38.3 Å². The Labute approximate surface area is 167 Å². The van der Waals surface area contributed by atoms with Crippen LogP contribution in [0, 0.1) is 0 Å². The van der Waals surface area contributed by atoms with Crippen LogP contribution in [-0.4, -0.2) is 31.6 Å². The zero-order chi connectivity index (χ0) is 19.9. The Morgan fingerprint density at radius 2 is 2.04 bits per heavy atom. The van der Waals surface area contributed by atoms with Crippen LogP contribution in [0.2, 0.25) is 0 Å². The molecule has 0 unspecified atom stereocenters. The summed E-state index contributed by atoms with van der Waals surface area (Å²) < 4.78 is 15.1. The predicted molar refractivity (Wildman–Crippen MR) is 104 cm³/mol. The van der Waals surface area contributed by atoms with Crippen molar-refractivity contribution in [3.63, 3.8) is 0 Å². The van der Waals surface area contributed by atoms with Gasteiger partial charge in [-0.2, -0.15) is 0 Å². The number of nitrogens with one attached hydrogen (secondary N) is 1. The molecule has 150 valence electrons. The number of carbonyl (C=O) groups is 3. The number of fused-ring (bicyclic) bond motifs is 1. The van der Waals surface area contributed by atoms with Gasteiger partial charge in [-0.15, -0.1) is 11.3 Å². The molecule has 0 atom stereocenters. The van der Waals surface area contributed by atoms with Gasteiger partial charge in [-0.25, -0.2) is 4.79 Å². The summed E-state index contributed by atoms with van der Waals surface area (Å²) >= 11 is 1.40. The molecule has 1 aliphatic carbocycles. The summed E-state index contributed by atoms with van der Waals surface area (Å²) in [6.07, 6.45) is 6.96. The number of esters is 2. The van der Waals surface area contributed by atoms with Gasteiger partial charge in [0.1, 0.15) is 10.8 Å². The van der Waals surface area contributed by atoms with Gasteiger partial charge in [0.2, 0.25) is 0 Å². The molecule has 28 heavy (non-hydrogen) atoms. The Balaban J connectivity index is 1.58. The standard InChI is InChI=1S/C20H23NO6S/c1-25-20(24)18-14-7-3-2-4-8-15(14)28-19(18)21-16(22)12-27-17(23)10-9-13-6-5-11-26-13/h5-6,11H,2-4,7-10,12H2,1H3,(H,21,22). The molecule has 1 amide bonds. The normalized spacial score (nSPS) is 13.3. The van der Waals surface area contributed by atoms with Crippen molar-refractivity contribution in [2.45, 2.75) is 44.9 Å². The smallest absolute Gasteiger partial charge is 0.341 e. The molecular weight excluding hydrogens is 382 g/mol. The van der Waals surface area contributed by atoms with E-state index in [1.165, 1.54) is 24.7 Å². The van der Waals surface area contributed by atoms with Gasteiger partial charge in [0.15, 0.2) is 6.61 Å². The van der Waals surface area contributed by atoms with Gasteiger partial charge in [0.05, 0.1) is 25.4 Å². The van der Waals surface area contributed by atoms with Crippen molar-refractivity contribution >= 4 is 34.2 Å². The second kappa shape index (κ2) is 9.54. The molecule has 0 aliphatic heterocycles. The highest BCUT2D eigenvalue weighted by atomic mass is 32.1. The lowest BCUT2D eigenvalue weighted by Gasteiger charge is -2.08. The average molecular weight is 405 g/mol. The second-order valence-electron chi connectivity index (χ2n) is 6.55. The minimum atomic E-state index is -0.485. The van der Waals surface area contributed by atoms with Crippen molar-refractivity contribution in [3.8, 4) is 0 Å². The van der Waals surface area contributed by atoms with E-state index in [1.807, 2.05) is 0 Å². The van der Waals surface area contributed by atoms with Crippen molar-refractivity contribution in [3.05, 3.63) is 40.2 Å². The summed E-state index contributed by atoms with van der Waals surface area (Å²) in [6, 6.07) is 3.52. The molecule has 0 fully saturated rings. The van der Waals surface area contributed by atoms with Gasteiger partial charge in [0.25, 0.3) is 5.91 Å². The fourth-order valence-corrected chi connectivity index (χ4v) is 4.50. The van der Waals surface area contributed by atoms with E-state index in [2.05, 4.69) is 5.32 Å². The minimum absolute atomic E-state index is 0.126. The molecule has 2 aromatic rings. The topological polar surface area (TPSA) is 94.8 Å². The summed E-state index contributed by atoms with van der Waals surface area (Å²) in [4.78, 5) is 37.4. The predicted octanol–water partition coefficient (Wildman–Crippen LogP) is 3.51. The molecule has 0 aromatic carbocycles. The lowest BCUT2D eigenvalue weighted by molar-refractivity contribution is -0.147. The molecule has 0 bridgehead atoms. The van der Waals surface area contributed by atoms with Gasteiger partial charge < -0.3 is 19.2 Å². The molecule has 2 heterocycles. The van der Waals surface area contributed by atoms with E-state index in [-0.39, 0.29) is 6.42 Å². The minimum Gasteiger partial charge on any atom is -0.469 e. The summed E-state index contributed by atoms with van der Waals surface area (Å²) in [7, 11) is 1.33. The van der Waals surface area contributed by atoms with Gasteiger partial charge in [0, 0.05) is 11.3 Å². The Bertz CT molecular complexity index is 839. The maximum atomic E-state index is 12.3. The molecule has 0 radical (unpaired) electrons. The van der Waals surface area contributed by atoms with Crippen molar-refractivity contribution in [1.29, 1.82) is 0 Å². The maximum absolute atomic E-state index is 12.3. The first-order valence-electron chi connectivity index (χ1n) is 9.29. The number of rotatable bonds is 7. The van der Waals surface area contributed by atoms with Gasteiger partial charge >= 0.3 is 11.9 Å². The van der Waals surface area contributed by atoms with Crippen molar-refractivity contribution in [2.75, 3.05) is 19.0 Å². The van der Waals surface area contributed by atoms with Gasteiger partial charge in [-0.3, -0.25) is 9.59 Å². The van der Waals surface area contributed by atoms with Crippen molar-refractivity contribution in [2.24, 2.45) is 0 Å². The molecule has 0 saturated carbocycles. The van der Waals surface area contributed by atoms with Crippen LogP contribution in [0.1, 0.15) is 52.2 Å². The quantitative estimate of drug-likeness (QED) is 0.559. The third kappa shape index (κ3) is 5.01. The lowest BCUT2D eigenvalue weighted by Crippen LogP contribution is -2.21. The third-order valence-corrected chi connectivity index (χ3v) is 5.79. The van der Waals surface area contributed by atoms with E-state index in [1.54, 1.807) is 12.1 Å². The number of carbonyl (C=O) groups excluding carboxylic acids is 3. The number of amides is 1. The molecule has 8 heteroatoms. The van der Waals surface area contributed by atoms with Crippen LogP contribution in [0.5, 0.6) is 0 Å². The van der Waals surface area contributed by atoms with Crippen LogP contribution >= 0.6 is 11.3 Å². The number of hydrogen-bond donors (Lipinski definition) is 1. The molecule has 0 spiro atoms. The third-order valence-electron chi connectivity index (χ3n) is 4.58. The Morgan fingerprint density at radius 1 is 1.21 bits per heavy atom. The number of anilines is 1. The highest BCUT2D eigenvalue weighted by molar-refractivity contribution is 7.17. The largest absolute Gasteiger partial charge is 0.469 e. The lowest BCUT2D eigenvalue weighted by atomic mass is 10.1. The molecule has 7 nitrogen and oxygen atoms in total. The highest BCUT2D eigenvalue weighted by Gasteiger charge is 2.26. The van der Waals surface area contributed by atoms with E-state index in [0.717, 1.165) is 42.5 Å². The Kier molecular flexibility index (Phi) is 6.86. The molecule has 1 N–H and O–H groups in total. The fraction of sp³-hybridized carbons (Fsp3) is 0.450. The number of methoxy groups -OCH3 is 1. The van der Waals surface area contributed by atoms with Gasteiger partial charge in [-0.1, -0.05) is 6.42 Å².